The van der Waals surface area contributed by atoms with Gasteiger partial charge in [0.05, 0.1) is 11.3 Å². The second kappa shape index (κ2) is 5.81. The predicted octanol–water partition coefficient (Wildman–Crippen LogP) is 1.57. The fourth-order valence-electron chi connectivity index (χ4n) is 1.22. The Hall–Kier alpha value is -1.63. The SMILES string of the molecule is CC(C)CCS(=O)(=O)Nc1cc(C(=O)O)ccn1. The number of rotatable bonds is 6. The number of anilines is 1. The third-order valence-electron chi connectivity index (χ3n) is 2.23. The predicted molar refractivity (Wildman–Crippen MR) is 68.1 cm³/mol. The van der Waals surface area contributed by atoms with Crippen LogP contribution in [0.5, 0.6) is 0 Å². The molecule has 0 amide bonds. The van der Waals surface area contributed by atoms with E-state index in [9.17, 15) is 13.2 Å². The molecule has 0 atom stereocenters. The van der Waals surface area contributed by atoms with Crippen LogP contribution in [0.15, 0.2) is 18.3 Å². The van der Waals surface area contributed by atoms with E-state index in [-0.39, 0.29) is 23.1 Å². The molecule has 1 aromatic rings. The molecule has 1 aromatic heterocycles. The molecule has 7 heteroatoms. The molecule has 6 nitrogen and oxygen atoms in total. The smallest absolute Gasteiger partial charge is 0.335 e. The van der Waals surface area contributed by atoms with Gasteiger partial charge in [-0.15, -0.1) is 0 Å². The quantitative estimate of drug-likeness (QED) is 0.819. The van der Waals surface area contributed by atoms with Crippen molar-refractivity contribution in [1.29, 1.82) is 0 Å². The summed E-state index contributed by atoms with van der Waals surface area (Å²) in [5.41, 5.74) is -0.00782. The summed E-state index contributed by atoms with van der Waals surface area (Å²) in [6.07, 6.45) is 1.79. The van der Waals surface area contributed by atoms with Crippen molar-refractivity contribution in [1.82, 2.24) is 4.98 Å². The second-order valence-corrected chi connectivity index (χ2v) is 6.18. The highest BCUT2D eigenvalue weighted by molar-refractivity contribution is 7.92. The first-order valence-electron chi connectivity index (χ1n) is 5.50. The third-order valence-corrected chi connectivity index (χ3v) is 3.52. The molecule has 0 bridgehead atoms. The zero-order valence-electron chi connectivity index (χ0n) is 10.3. The van der Waals surface area contributed by atoms with Gasteiger partial charge in [0.1, 0.15) is 5.82 Å². The van der Waals surface area contributed by atoms with Gasteiger partial charge in [0.25, 0.3) is 0 Å². The summed E-state index contributed by atoms with van der Waals surface area (Å²) in [7, 11) is -3.48. The van der Waals surface area contributed by atoms with Crippen molar-refractivity contribution in [3.8, 4) is 0 Å². The Morgan fingerprint density at radius 2 is 2.17 bits per heavy atom. The van der Waals surface area contributed by atoms with Crippen LogP contribution in [-0.2, 0) is 10.0 Å². The fourth-order valence-corrected chi connectivity index (χ4v) is 2.53. The van der Waals surface area contributed by atoms with Gasteiger partial charge in [-0.1, -0.05) is 13.8 Å². The lowest BCUT2D eigenvalue weighted by molar-refractivity contribution is 0.0697. The zero-order chi connectivity index (χ0) is 13.8. The largest absolute Gasteiger partial charge is 0.478 e. The van der Waals surface area contributed by atoms with E-state index in [0.29, 0.717) is 6.42 Å². The van der Waals surface area contributed by atoms with E-state index in [1.54, 1.807) is 0 Å². The number of pyridine rings is 1. The van der Waals surface area contributed by atoms with Gasteiger partial charge in [0, 0.05) is 6.20 Å². The first kappa shape index (κ1) is 14.4. The molecule has 0 fully saturated rings. The zero-order valence-corrected chi connectivity index (χ0v) is 11.1. The van der Waals surface area contributed by atoms with Gasteiger partial charge in [-0.2, -0.15) is 0 Å². The number of carbonyl (C=O) groups is 1. The van der Waals surface area contributed by atoms with Crippen molar-refractivity contribution >= 4 is 21.8 Å². The monoisotopic (exact) mass is 272 g/mol. The summed E-state index contributed by atoms with van der Waals surface area (Å²) in [4.78, 5) is 14.5. The van der Waals surface area contributed by atoms with Crippen LogP contribution in [-0.4, -0.2) is 30.2 Å². The number of hydrogen-bond donors (Lipinski definition) is 2. The van der Waals surface area contributed by atoms with Crippen molar-refractivity contribution in [2.24, 2.45) is 5.92 Å². The molecule has 100 valence electrons. The van der Waals surface area contributed by atoms with E-state index in [0.717, 1.165) is 0 Å². The van der Waals surface area contributed by atoms with E-state index in [2.05, 4.69) is 9.71 Å². The third kappa shape index (κ3) is 4.70. The van der Waals surface area contributed by atoms with Crippen molar-refractivity contribution in [3.63, 3.8) is 0 Å². The standard InChI is InChI=1S/C11H16N2O4S/c1-8(2)4-6-18(16,17)13-10-7-9(11(14)15)3-5-12-10/h3,5,7-8H,4,6H2,1-2H3,(H,12,13)(H,14,15). The van der Waals surface area contributed by atoms with Crippen LogP contribution in [0.3, 0.4) is 0 Å². The Kier molecular flexibility index (Phi) is 4.66. The lowest BCUT2D eigenvalue weighted by Crippen LogP contribution is -2.18. The first-order valence-corrected chi connectivity index (χ1v) is 7.15. The Balaban J connectivity index is 2.78. The van der Waals surface area contributed by atoms with Crippen molar-refractivity contribution in [3.05, 3.63) is 23.9 Å². The van der Waals surface area contributed by atoms with Crippen LogP contribution >= 0.6 is 0 Å². The van der Waals surface area contributed by atoms with Crippen molar-refractivity contribution in [2.75, 3.05) is 10.5 Å². The molecule has 0 aliphatic carbocycles. The molecule has 0 aliphatic heterocycles. The van der Waals surface area contributed by atoms with E-state index in [4.69, 9.17) is 5.11 Å². The van der Waals surface area contributed by atoms with E-state index >= 15 is 0 Å². The summed E-state index contributed by atoms with van der Waals surface area (Å²) >= 11 is 0. The number of sulfonamides is 1. The fraction of sp³-hybridized carbons (Fsp3) is 0.455. The molecule has 0 unspecified atom stereocenters. The maximum atomic E-state index is 11.7. The highest BCUT2D eigenvalue weighted by Gasteiger charge is 2.13. The number of carboxylic acids is 1. The number of nitrogens with one attached hydrogen (secondary N) is 1. The summed E-state index contributed by atoms with van der Waals surface area (Å²) in [5.74, 6) is -0.831. The summed E-state index contributed by atoms with van der Waals surface area (Å²) < 4.78 is 25.6. The minimum absolute atomic E-state index is 0.00782. The van der Waals surface area contributed by atoms with Crippen LogP contribution in [0.1, 0.15) is 30.6 Å². The van der Waals surface area contributed by atoms with Crippen LogP contribution in [0, 0.1) is 5.92 Å². The average Bonchev–Trinajstić information content (AvgIpc) is 2.26. The Morgan fingerprint density at radius 3 is 2.72 bits per heavy atom. The van der Waals surface area contributed by atoms with Gasteiger partial charge < -0.3 is 5.11 Å². The molecule has 0 saturated heterocycles. The highest BCUT2D eigenvalue weighted by Crippen LogP contribution is 2.10. The maximum Gasteiger partial charge on any atom is 0.335 e. The van der Waals surface area contributed by atoms with Crippen LogP contribution in [0.2, 0.25) is 0 Å². The minimum atomic E-state index is -3.48. The van der Waals surface area contributed by atoms with Gasteiger partial charge in [-0.25, -0.2) is 18.2 Å². The van der Waals surface area contributed by atoms with Crippen LogP contribution < -0.4 is 4.72 Å². The van der Waals surface area contributed by atoms with Gasteiger partial charge in [-0.05, 0) is 24.5 Å². The maximum absolute atomic E-state index is 11.7. The van der Waals surface area contributed by atoms with Gasteiger partial charge in [0.2, 0.25) is 10.0 Å². The molecule has 18 heavy (non-hydrogen) atoms. The molecular weight excluding hydrogens is 256 g/mol. The van der Waals surface area contributed by atoms with Crippen LogP contribution in [0.25, 0.3) is 0 Å². The van der Waals surface area contributed by atoms with E-state index < -0.39 is 16.0 Å². The lowest BCUT2D eigenvalue weighted by atomic mass is 10.2. The van der Waals surface area contributed by atoms with Gasteiger partial charge >= 0.3 is 5.97 Å². The molecule has 0 aromatic carbocycles. The molecule has 0 radical (unpaired) electrons. The van der Waals surface area contributed by atoms with Crippen molar-refractivity contribution in [2.45, 2.75) is 20.3 Å². The molecule has 1 heterocycles. The van der Waals surface area contributed by atoms with E-state index in [1.807, 2.05) is 13.8 Å². The highest BCUT2D eigenvalue weighted by atomic mass is 32.2. The van der Waals surface area contributed by atoms with Crippen molar-refractivity contribution < 1.29 is 18.3 Å². The number of aromatic carboxylic acids is 1. The molecular formula is C11H16N2O4S. The minimum Gasteiger partial charge on any atom is -0.478 e. The lowest BCUT2D eigenvalue weighted by Gasteiger charge is -2.08. The Bertz CT molecular complexity index is 526. The molecule has 0 saturated carbocycles. The number of aromatic nitrogens is 1. The molecule has 0 spiro atoms. The summed E-state index contributed by atoms with van der Waals surface area (Å²) in [5, 5.41) is 8.78. The number of carboxylic acid groups (broad SMARTS) is 1. The summed E-state index contributed by atoms with van der Waals surface area (Å²) in [6.45, 7) is 3.86. The molecule has 2 N–H and O–H groups in total. The topological polar surface area (TPSA) is 96.4 Å². The number of hydrogen-bond acceptors (Lipinski definition) is 4. The molecule has 0 aliphatic rings. The first-order chi connectivity index (χ1) is 8.30. The van der Waals surface area contributed by atoms with Gasteiger partial charge in [0.15, 0.2) is 0 Å². The number of nitrogens with zero attached hydrogens (tertiary/aromatic N) is 1. The Labute approximate surface area is 106 Å². The summed E-state index contributed by atoms with van der Waals surface area (Å²) in [6, 6.07) is 2.49. The average molecular weight is 272 g/mol. The van der Waals surface area contributed by atoms with E-state index in [1.165, 1.54) is 18.3 Å². The second-order valence-electron chi connectivity index (χ2n) is 4.34. The molecule has 1 rings (SSSR count). The van der Waals surface area contributed by atoms with Crippen LogP contribution in [0.4, 0.5) is 5.82 Å². The van der Waals surface area contributed by atoms with Gasteiger partial charge in [-0.3, -0.25) is 4.72 Å². The normalized spacial score (nSPS) is 11.5. The Morgan fingerprint density at radius 1 is 1.50 bits per heavy atom.